The highest BCUT2D eigenvalue weighted by atomic mass is 16.5. The first kappa shape index (κ1) is 22.7. The molecule has 0 spiro atoms. The van der Waals surface area contributed by atoms with Gasteiger partial charge in [0.05, 0.1) is 13.2 Å². The largest absolute Gasteiger partial charge is 0.493 e. The molecule has 2 aromatic rings. The van der Waals surface area contributed by atoms with Gasteiger partial charge in [0.1, 0.15) is 13.2 Å². The zero-order valence-corrected chi connectivity index (χ0v) is 18.2. The third-order valence-corrected chi connectivity index (χ3v) is 6.07. The van der Waals surface area contributed by atoms with Crippen LogP contribution in [-0.4, -0.2) is 60.5 Å². The Bertz CT molecular complexity index is 963. The van der Waals surface area contributed by atoms with Crippen molar-refractivity contribution in [3.8, 4) is 23.3 Å². The Morgan fingerprint density at radius 3 is 2.65 bits per heavy atom. The summed E-state index contributed by atoms with van der Waals surface area (Å²) in [6.45, 7) is 4.14. The second-order valence-electron chi connectivity index (χ2n) is 8.03. The van der Waals surface area contributed by atoms with Crippen LogP contribution >= 0.6 is 0 Å². The summed E-state index contributed by atoms with van der Waals surface area (Å²) in [5, 5.41) is 19.8. The molecular formula is C25H29NO5. The number of likely N-dealkylation sites (tertiary alicyclic amines) is 1. The number of carbonyl (C=O) groups is 1. The van der Waals surface area contributed by atoms with Gasteiger partial charge in [0.2, 0.25) is 5.91 Å². The first-order chi connectivity index (χ1) is 14.9. The molecule has 6 nitrogen and oxygen atoms in total. The molecule has 3 rings (SSSR count). The smallest absolute Gasteiger partial charge is 0.248 e. The van der Waals surface area contributed by atoms with E-state index in [-0.39, 0.29) is 18.4 Å². The molecule has 1 aliphatic heterocycles. The lowest BCUT2D eigenvalue weighted by atomic mass is 9.72. The number of hydrogen-bond donors (Lipinski definition) is 2. The maximum Gasteiger partial charge on any atom is 0.248 e. The Labute approximate surface area is 183 Å². The summed E-state index contributed by atoms with van der Waals surface area (Å²) < 4.78 is 11.3. The van der Waals surface area contributed by atoms with Crippen LogP contribution in [0.2, 0.25) is 0 Å². The van der Waals surface area contributed by atoms with Crippen LogP contribution in [0.25, 0.3) is 0 Å². The second-order valence-corrected chi connectivity index (χ2v) is 8.03. The average Bonchev–Trinajstić information content (AvgIpc) is 3.15. The highest BCUT2D eigenvalue weighted by Gasteiger charge is 2.48. The van der Waals surface area contributed by atoms with Crippen molar-refractivity contribution in [2.75, 3.05) is 33.4 Å². The van der Waals surface area contributed by atoms with E-state index in [1.54, 1.807) is 18.9 Å². The lowest BCUT2D eigenvalue weighted by Crippen LogP contribution is -2.38. The first-order valence-electron chi connectivity index (χ1n) is 10.3. The number of aliphatic hydroxyl groups is 2. The molecule has 0 bridgehead atoms. The lowest BCUT2D eigenvalue weighted by Gasteiger charge is -2.33. The van der Waals surface area contributed by atoms with Crippen LogP contribution < -0.4 is 9.47 Å². The summed E-state index contributed by atoms with van der Waals surface area (Å²) in [6, 6.07) is 15.3. The number of amides is 1. The summed E-state index contributed by atoms with van der Waals surface area (Å²) >= 11 is 0. The number of carbonyl (C=O) groups excluding carboxylic acids is 1. The Kier molecular flexibility index (Phi) is 7.21. The van der Waals surface area contributed by atoms with Gasteiger partial charge in [0, 0.05) is 30.0 Å². The van der Waals surface area contributed by atoms with E-state index in [2.05, 4.69) is 11.8 Å². The van der Waals surface area contributed by atoms with Gasteiger partial charge in [-0.3, -0.25) is 4.79 Å². The molecule has 0 saturated carbocycles. The van der Waals surface area contributed by atoms with Crippen LogP contribution in [0.4, 0.5) is 0 Å². The summed E-state index contributed by atoms with van der Waals surface area (Å²) in [6.07, 6.45) is -0.641. The van der Waals surface area contributed by atoms with E-state index in [1.165, 1.54) is 0 Å². The molecule has 3 atom stereocenters. The van der Waals surface area contributed by atoms with E-state index in [4.69, 9.17) is 9.47 Å². The standard InChI is InChI=1S/C25H29NO5/c1-18(28)25(2)17-26(24(29)16-27)15-21(25)20-11-12-22(30-3)23(14-20)31-13-7-10-19-8-5-4-6-9-19/h4-6,8-9,11-12,14,18,21,27-28H,13,15-17H2,1-3H3/t18-,21+,25+/m1/s1. The second kappa shape index (κ2) is 9.86. The van der Waals surface area contributed by atoms with E-state index in [0.29, 0.717) is 24.6 Å². The van der Waals surface area contributed by atoms with Gasteiger partial charge in [-0.25, -0.2) is 0 Å². The molecular weight excluding hydrogens is 394 g/mol. The van der Waals surface area contributed by atoms with Gasteiger partial charge >= 0.3 is 0 Å². The number of methoxy groups -OCH3 is 1. The predicted octanol–water partition coefficient (Wildman–Crippen LogP) is 2.43. The summed E-state index contributed by atoms with van der Waals surface area (Å²) in [5.74, 6) is 6.75. The fraction of sp³-hybridized carbons (Fsp3) is 0.400. The third-order valence-electron chi connectivity index (χ3n) is 6.07. The molecule has 1 fully saturated rings. The van der Waals surface area contributed by atoms with E-state index in [0.717, 1.165) is 11.1 Å². The van der Waals surface area contributed by atoms with Crippen molar-refractivity contribution in [1.29, 1.82) is 0 Å². The fourth-order valence-electron chi connectivity index (χ4n) is 4.01. The Morgan fingerprint density at radius 1 is 1.26 bits per heavy atom. The third kappa shape index (κ3) is 5.01. The van der Waals surface area contributed by atoms with Crippen molar-refractivity contribution in [3.05, 3.63) is 59.7 Å². The van der Waals surface area contributed by atoms with Crippen LogP contribution in [0.1, 0.15) is 30.9 Å². The Morgan fingerprint density at radius 2 is 2.00 bits per heavy atom. The number of hydrogen-bond acceptors (Lipinski definition) is 5. The molecule has 0 radical (unpaired) electrons. The minimum absolute atomic E-state index is 0.119. The molecule has 0 unspecified atom stereocenters. The number of ether oxygens (including phenoxy) is 2. The molecule has 164 valence electrons. The molecule has 6 heteroatoms. The van der Waals surface area contributed by atoms with Gasteiger partial charge in [-0.2, -0.15) is 0 Å². The van der Waals surface area contributed by atoms with Crippen LogP contribution in [-0.2, 0) is 4.79 Å². The van der Waals surface area contributed by atoms with E-state index >= 15 is 0 Å². The maximum absolute atomic E-state index is 12.1. The topological polar surface area (TPSA) is 79.2 Å². The molecule has 0 aromatic heterocycles. The van der Waals surface area contributed by atoms with Crippen molar-refractivity contribution in [3.63, 3.8) is 0 Å². The molecule has 2 aromatic carbocycles. The highest BCUT2D eigenvalue weighted by molar-refractivity contribution is 5.77. The van der Waals surface area contributed by atoms with Crippen molar-refractivity contribution in [2.45, 2.75) is 25.9 Å². The van der Waals surface area contributed by atoms with Gasteiger partial charge in [-0.15, -0.1) is 0 Å². The van der Waals surface area contributed by atoms with Crippen molar-refractivity contribution < 1.29 is 24.5 Å². The van der Waals surface area contributed by atoms with Crippen LogP contribution in [0, 0.1) is 17.3 Å². The lowest BCUT2D eigenvalue weighted by molar-refractivity contribution is -0.133. The first-order valence-corrected chi connectivity index (χ1v) is 10.3. The molecule has 31 heavy (non-hydrogen) atoms. The van der Waals surface area contributed by atoms with Gasteiger partial charge in [0.25, 0.3) is 0 Å². The predicted molar refractivity (Wildman–Crippen MR) is 118 cm³/mol. The summed E-state index contributed by atoms with van der Waals surface area (Å²) in [7, 11) is 1.58. The normalized spacial score (nSPS) is 21.2. The molecule has 1 amide bonds. The van der Waals surface area contributed by atoms with Crippen LogP contribution in [0.15, 0.2) is 48.5 Å². The number of rotatable bonds is 6. The SMILES string of the molecule is COc1ccc([C@@H]2CN(C(=O)CO)C[C@@]2(C)[C@@H](C)O)cc1OCC#Cc1ccccc1. The van der Waals surface area contributed by atoms with Crippen molar-refractivity contribution in [2.24, 2.45) is 5.41 Å². The number of benzene rings is 2. The van der Waals surface area contributed by atoms with Gasteiger partial charge in [-0.05, 0) is 36.8 Å². The van der Waals surface area contributed by atoms with E-state index < -0.39 is 18.1 Å². The Hall–Kier alpha value is -3.01. The van der Waals surface area contributed by atoms with E-state index in [1.807, 2.05) is 55.5 Å². The van der Waals surface area contributed by atoms with Gasteiger partial charge < -0.3 is 24.6 Å². The molecule has 1 heterocycles. The van der Waals surface area contributed by atoms with Crippen LogP contribution in [0.5, 0.6) is 11.5 Å². The number of aliphatic hydroxyl groups excluding tert-OH is 2. The zero-order valence-electron chi connectivity index (χ0n) is 18.2. The summed E-state index contributed by atoms with van der Waals surface area (Å²) in [5.41, 5.74) is 1.30. The molecule has 2 N–H and O–H groups in total. The highest BCUT2D eigenvalue weighted by Crippen LogP contribution is 2.46. The molecule has 0 aliphatic carbocycles. The number of nitrogens with zero attached hydrogens (tertiary/aromatic N) is 1. The minimum atomic E-state index is -0.641. The van der Waals surface area contributed by atoms with Crippen molar-refractivity contribution >= 4 is 5.91 Å². The maximum atomic E-state index is 12.1. The summed E-state index contributed by atoms with van der Waals surface area (Å²) in [4.78, 5) is 13.7. The molecule has 1 saturated heterocycles. The Balaban J connectivity index is 1.83. The van der Waals surface area contributed by atoms with Crippen molar-refractivity contribution in [1.82, 2.24) is 4.90 Å². The minimum Gasteiger partial charge on any atom is -0.493 e. The monoisotopic (exact) mass is 423 g/mol. The van der Waals surface area contributed by atoms with Gasteiger partial charge in [-0.1, -0.05) is 43.0 Å². The van der Waals surface area contributed by atoms with Crippen LogP contribution in [0.3, 0.4) is 0 Å². The quantitative estimate of drug-likeness (QED) is 0.698. The van der Waals surface area contributed by atoms with E-state index in [9.17, 15) is 15.0 Å². The van der Waals surface area contributed by atoms with Gasteiger partial charge in [0.15, 0.2) is 11.5 Å². The average molecular weight is 424 g/mol. The molecule has 1 aliphatic rings. The fourth-order valence-corrected chi connectivity index (χ4v) is 4.01. The zero-order chi connectivity index (χ0) is 22.4.